The van der Waals surface area contributed by atoms with Crippen LogP contribution in [-0.4, -0.2) is 18.6 Å². The predicted octanol–water partition coefficient (Wildman–Crippen LogP) is 3.70. The Morgan fingerprint density at radius 1 is 1.22 bits per heavy atom. The van der Waals surface area contributed by atoms with E-state index in [-0.39, 0.29) is 6.04 Å². The molecule has 0 heterocycles. The second kappa shape index (κ2) is 7.05. The standard InChI is InChI=1S/C15H25NOS/c1-10(2)8-18-9-14(16)13-7-6-11(3)12(4)15(13)17-5/h6-7,10,14H,8-9,16H2,1-5H3. The van der Waals surface area contributed by atoms with Gasteiger partial charge in [-0.15, -0.1) is 0 Å². The summed E-state index contributed by atoms with van der Waals surface area (Å²) in [5.41, 5.74) is 9.84. The number of benzene rings is 1. The summed E-state index contributed by atoms with van der Waals surface area (Å²) in [6, 6.07) is 4.27. The first kappa shape index (κ1) is 15.4. The molecule has 2 nitrogen and oxygen atoms in total. The van der Waals surface area contributed by atoms with Crippen molar-refractivity contribution in [1.82, 2.24) is 0 Å². The Labute approximate surface area is 115 Å². The van der Waals surface area contributed by atoms with Crippen LogP contribution in [0.5, 0.6) is 5.75 Å². The van der Waals surface area contributed by atoms with Crippen molar-refractivity contribution in [2.75, 3.05) is 18.6 Å². The van der Waals surface area contributed by atoms with Crippen molar-refractivity contribution in [3.63, 3.8) is 0 Å². The molecule has 0 bridgehead atoms. The number of ether oxygens (including phenoxy) is 1. The summed E-state index contributed by atoms with van der Waals surface area (Å²) in [5, 5.41) is 0. The summed E-state index contributed by atoms with van der Waals surface area (Å²) < 4.78 is 5.52. The van der Waals surface area contributed by atoms with E-state index in [2.05, 4.69) is 39.8 Å². The molecule has 0 radical (unpaired) electrons. The molecule has 0 aliphatic carbocycles. The summed E-state index contributed by atoms with van der Waals surface area (Å²) in [6.07, 6.45) is 0. The molecule has 0 saturated heterocycles. The zero-order valence-electron chi connectivity index (χ0n) is 12.1. The highest BCUT2D eigenvalue weighted by atomic mass is 32.2. The van der Waals surface area contributed by atoms with Gasteiger partial charge in [-0.2, -0.15) is 11.8 Å². The van der Waals surface area contributed by atoms with Gasteiger partial charge in [0.2, 0.25) is 0 Å². The van der Waals surface area contributed by atoms with Crippen molar-refractivity contribution in [3.8, 4) is 5.75 Å². The predicted molar refractivity (Wildman–Crippen MR) is 81.6 cm³/mol. The second-order valence-electron chi connectivity index (χ2n) is 5.17. The number of nitrogens with two attached hydrogens (primary N) is 1. The van der Waals surface area contributed by atoms with Gasteiger partial charge in [0.15, 0.2) is 0 Å². The molecule has 0 amide bonds. The van der Waals surface area contributed by atoms with Gasteiger partial charge in [-0.1, -0.05) is 26.0 Å². The molecule has 1 aromatic rings. The monoisotopic (exact) mass is 267 g/mol. The highest BCUT2D eigenvalue weighted by Gasteiger charge is 2.15. The van der Waals surface area contributed by atoms with Gasteiger partial charge in [0, 0.05) is 17.4 Å². The minimum atomic E-state index is 0.0444. The summed E-state index contributed by atoms with van der Waals surface area (Å²) in [5.74, 6) is 3.76. The molecule has 1 atom stereocenters. The summed E-state index contributed by atoms with van der Waals surface area (Å²) in [6.45, 7) is 8.65. The molecule has 1 unspecified atom stereocenters. The van der Waals surface area contributed by atoms with Crippen LogP contribution in [0, 0.1) is 19.8 Å². The number of rotatable bonds is 6. The zero-order chi connectivity index (χ0) is 13.7. The van der Waals surface area contributed by atoms with Crippen LogP contribution in [0.2, 0.25) is 0 Å². The molecule has 0 aromatic heterocycles. The Morgan fingerprint density at radius 2 is 1.89 bits per heavy atom. The van der Waals surface area contributed by atoms with Gasteiger partial charge in [0.25, 0.3) is 0 Å². The van der Waals surface area contributed by atoms with E-state index in [0.717, 1.165) is 22.8 Å². The minimum Gasteiger partial charge on any atom is -0.496 e. The molecule has 102 valence electrons. The third kappa shape index (κ3) is 3.92. The van der Waals surface area contributed by atoms with Crippen LogP contribution in [0.3, 0.4) is 0 Å². The van der Waals surface area contributed by atoms with Gasteiger partial charge in [-0.3, -0.25) is 0 Å². The van der Waals surface area contributed by atoms with Crippen LogP contribution in [0.4, 0.5) is 0 Å². The highest BCUT2D eigenvalue weighted by molar-refractivity contribution is 7.99. The van der Waals surface area contributed by atoms with Crippen molar-refractivity contribution in [3.05, 3.63) is 28.8 Å². The van der Waals surface area contributed by atoms with Crippen LogP contribution in [-0.2, 0) is 0 Å². The van der Waals surface area contributed by atoms with Crippen LogP contribution in [0.1, 0.15) is 36.6 Å². The molecule has 0 spiro atoms. The van der Waals surface area contributed by atoms with E-state index in [9.17, 15) is 0 Å². The van der Waals surface area contributed by atoms with Gasteiger partial charge in [0.1, 0.15) is 5.75 Å². The molecule has 3 heteroatoms. The smallest absolute Gasteiger partial charge is 0.126 e. The first-order valence-electron chi connectivity index (χ1n) is 6.44. The average molecular weight is 267 g/mol. The van der Waals surface area contributed by atoms with Gasteiger partial charge in [-0.25, -0.2) is 0 Å². The van der Waals surface area contributed by atoms with Crippen molar-refractivity contribution < 1.29 is 4.74 Å². The quantitative estimate of drug-likeness (QED) is 0.853. The van der Waals surface area contributed by atoms with Crippen LogP contribution in [0.25, 0.3) is 0 Å². The van der Waals surface area contributed by atoms with E-state index < -0.39 is 0 Å². The van der Waals surface area contributed by atoms with E-state index in [1.54, 1.807) is 7.11 Å². The molecular weight excluding hydrogens is 242 g/mol. The zero-order valence-corrected chi connectivity index (χ0v) is 12.9. The number of hydrogen-bond donors (Lipinski definition) is 1. The normalized spacial score (nSPS) is 12.8. The Balaban J connectivity index is 2.79. The molecule has 0 saturated carbocycles. The highest BCUT2D eigenvalue weighted by Crippen LogP contribution is 2.31. The van der Waals surface area contributed by atoms with E-state index in [1.807, 2.05) is 11.8 Å². The fourth-order valence-corrected chi connectivity index (χ4v) is 2.94. The lowest BCUT2D eigenvalue weighted by Gasteiger charge is -2.19. The van der Waals surface area contributed by atoms with Gasteiger partial charge < -0.3 is 10.5 Å². The lowest BCUT2D eigenvalue weighted by atomic mass is 10.0. The topological polar surface area (TPSA) is 35.2 Å². The van der Waals surface area contributed by atoms with E-state index in [4.69, 9.17) is 10.5 Å². The second-order valence-corrected chi connectivity index (χ2v) is 6.24. The maximum atomic E-state index is 6.28. The van der Waals surface area contributed by atoms with E-state index in [0.29, 0.717) is 5.92 Å². The lowest BCUT2D eigenvalue weighted by molar-refractivity contribution is 0.403. The van der Waals surface area contributed by atoms with E-state index in [1.165, 1.54) is 11.1 Å². The number of thioether (sulfide) groups is 1. The summed E-state index contributed by atoms with van der Waals surface area (Å²) in [4.78, 5) is 0. The number of methoxy groups -OCH3 is 1. The maximum absolute atomic E-state index is 6.28. The number of hydrogen-bond acceptors (Lipinski definition) is 3. The van der Waals surface area contributed by atoms with Crippen molar-refractivity contribution in [1.29, 1.82) is 0 Å². The lowest BCUT2D eigenvalue weighted by Crippen LogP contribution is -2.15. The van der Waals surface area contributed by atoms with Gasteiger partial charge >= 0.3 is 0 Å². The molecule has 1 aromatic carbocycles. The Hall–Kier alpha value is -0.670. The molecule has 0 aliphatic heterocycles. The van der Waals surface area contributed by atoms with Gasteiger partial charge in [0.05, 0.1) is 7.11 Å². The SMILES string of the molecule is COc1c(C(N)CSCC(C)C)ccc(C)c1C. The van der Waals surface area contributed by atoms with E-state index >= 15 is 0 Å². The van der Waals surface area contributed by atoms with Crippen molar-refractivity contribution in [2.45, 2.75) is 33.7 Å². The van der Waals surface area contributed by atoms with Crippen LogP contribution < -0.4 is 10.5 Å². The summed E-state index contributed by atoms with van der Waals surface area (Å²) in [7, 11) is 1.72. The largest absolute Gasteiger partial charge is 0.496 e. The molecule has 1 rings (SSSR count). The third-order valence-electron chi connectivity index (χ3n) is 3.06. The molecule has 0 aliphatic rings. The molecular formula is C15H25NOS. The van der Waals surface area contributed by atoms with Gasteiger partial charge in [-0.05, 0) is 36.6 Å². The average Bonchev–Trinajstić information content (AvgIpc) is 2.31. The van der Waals surface area contributed by atoms with Crippen molar-refractivity contribution >= 4 is 11.8 Å². The number of aryl methyl sites for hydroxylation is 1. The first-order valence-corrected chi connectivity index (χ1v) is 7.60. The first-order chi connectivity index (χ1) is 8.47. The Morgan fingerprint density at radius 3 is 2.44 bits per heavy atom. The Kier molecular flexibility index (Phi) is 6.03. The fourth-order valence-electron chi connectivity index (χ4n) is 1.89. The summed E-state index contributed by atoms with van der Waals surface area (Å²) >= 11 is 1.91. The fraction of sp³-hybridized carbons (Fsp3) is 0.600. The Bertz CT molecular complexity index is 390. The third-order valence-corrected chi connectivity index (χ3v) is 4.56. The molecule has 0 fully saturated rings. The minimum absolute atomic E-state index is 0.0444. The molecule has 18 heavy (non-hydrogen) atoms. The maximum Gasteiger partial charge on any atom is 0.126 e. The van der Waals surface area contributed by atoms with Crippen molar-refractivity contribution in [2.24, 2.45) is 11.7 Å². The van der Waals surface area contributed by atoms with Crippen LogP contribution >= 0.6 is 11.8 Å². The van der Waals surface area contributed by atoms with Crippen LogP contribution in [0.15, 0.2) is 12.1 Å². The molecule has 2 N–H and O–H groups in total.